The van der Waals surface area contributed by atoms with Crippen LogP contribution in [0, 0.1) is 12.7 Å². The summed E-state index contributed by atoms with van der Waals surface area (Å²) in [6.07, 6.45) is 0.697. The van der Waals surface area contributed by atoms with Gasteiger partial charge in [0.25, 0.3) is 0 Å². The van der Waals surface area contributed by atoms with Gasteiger partial charge in [0.15, 0.2) is 0 Å². The molecule has 1 unspecified atom stereocenters. The van der Waals surface area contributed by atoms with E-state index in [4.69, 9.17) is 5.84 Å². The molecule has 0 aromatic heterocycles. The maximum Gasteiger partial charge on any atom is 0.123 e. The number of aryl methyl sites for hydroxylation is 1. The van der Waals surface area contributed by atoms with Crippen LogP contribution in [-0.2, 0) is 6.42 Å². The van der Waals surface area contributed by atoms with Crippen LogP contribution in [0.4, 0.5) is 4.39 Å². The Morgan fingerprint density at radius 2 is 2.00 bits per heavy atom. The van der Waals surface area contributed by atoms with Crippen molar-refractivity contribution >= 4 is 15.9 Å². The molecule has 2 nitrogen and oxygen atoms in total. The lowest BCUT2D eigenvalue weighted by molar-refractivity contribution is 0.541. The summed E-state index contributed by atoms with van der Waals surface area (Å²) in [5.41, 5.74) is 5.82. The van der Waals surface area contributed by atoms with E-state index < -0.39 is 0 Å². The summed E-state index contributed by atoms with van der Waals surface area (Å²) in [5.74, 6) is 5.39. The van der Waals surface area contributed by atoms with Crippen LogP contribution in [0.25, 0.3) is 0 Å². The molecular weight excluding hydrogens is 307 g/mol. The molecule has 0 amide bonds. The normalized spacial score (nSPS) is 12.4. The Kier molecular flexibility index (Phi) is 4.69. The Morgan fingerprint density at radius 3 is 2.68 bits per heavy atom. The lowest BCUT2D eigenvalue weighted by Crippen LogP contribution is -2.30. The van der Waals surface area contributed by atoms with E-state index in [9.17, 15) is 4.39 Å². The summed E-state index contributed by atoms with van der Waals surface area (Å²) < 4.78 is 14.4. The van der Waals surface area contributed by atoms with Crippen LogP contribution in [0.2, 0.25) is 0 Å². The molecule has 0 aliphatic rings. The van der Waals surface area contributed by atoms with E-state index in [0.717, 1.165) is 21.2 Å². The minimum absolute atomic E-state index is 0.116. The van der Waals surface area contributed by atoms with Crippen LogP contribution in [0.1, 0.15) is 22.7 Å². The molecule has 4 heteroatoms. The first-order valence-electron chi connectivity index (χ1n) is 6.07. The summed E-state index contributed by atoms with van der Waals surface area (Å²) in [7, 11) is 0. The molecule has 2 aromatic carbocycles. The molecule has 0 radical (unpaired) electrons. The van der Waals surface area contributed by atoms with E-state index in [1.807, 2.05) is 31.2 Å². The summed E-state index contributed by atoms with van der Waals surface area (Å²) in [4.78, 5) is 0. The van der Waals surface area contributed by atoms with Gasteiger partial charge in [-0.1, -0.05) is 40.2 Å². The van der Waals surface area contributed by atoms with Crippen LogP contribution in [0.5, 0.6) is 0 Å². The van der Waals surface area contributed by atoms with Crippen LogP contribution in [0.3, 0.4) is 0 Å². The SMILES string of the molecule is Cc1ccc(F)cc1C(Cc1ccccc1Br)NN. The largest absolute Gasteiger partial charge is 0.271 e. The average molecular weight is 323 g/mol. The van der Waals surface area contributed by atoms with Crippen molar-refractivity contribution in [3.63, 3.8) is 0 Å². The highest BCUT2D eigenvalue weighted by Gasteiger charge is 2.15. The second-order valence-corrected chi connectivity index (χ2v) is 5.37. The maximum atomic E-state index is 13.4. The number of benzene rings is 2. The Labute approximate surface area is 120 Å². The van der Waals surface area contributed by atoms with Crippen molar-refractivity contribution in [1.82, 2.24) is 5.43 Å². The summed E-state index contributed by atoms with van der Waals surface area (Å²) >= 11 is 3.52. The highest BCUT2D eigenvalue weighted by atomic mass is 79.9. The van der Waals surface area contributed by atoms with Gasteiger partial charge in [0.05, 0.1) is 6.04 Å². The van der Waals surface area contributed by atoms with E-state index in [0.29, 0.717) is 6.42 Å². The standard InChI is InChI=1S/C15H16BrFN2/c1-10-6-7-12(17)9-13(10)15(19-18)8-11-4-2-3-5-14(11)16/h2-7,9,15,19H,8,18H2,1H3. The quantitative estimate of drug-likeness (QED) is 0.666. The molecular formula is C15H16BrFN2. The van der Waals surface area contributed by atoms with Gasteiger partial charge in [-0.3, -0.25) is 11.3 Å². The molecule has 0 bridgehead atoms. The van der Waals surface area contributed by atoms with Crippen molar-refractivity contribution in [1.29, 1.82) is 0 Å². The van der Waals surface area contributed by atoms with E-state index in [1.165, 1.54) is 12.1 Å². The van der Waals surface area contributed by atoms with Crippen molar-refractivity contribution in [2.75, 3.05) is 0 Å². The highest BCUT2D eigenvalue weighted by Crippen LogP contribution is 2.25. The first-order valence-corrected chi connectivity index (χ1v) is 6.86. The Bertz CT molecular complexity index is 572. The van der Waals surface area contributed by atoms with Gasteiger partial charge in [0, 0.05) is 4.47 Å². The fraction of sp³-hybridized carbons (Fsp3) is 0.200. The predicted molar refractivity (Wildman–Crippen MR) is 79.0 cm³/mol. The average Bonchev–Trinajstić information content (AvgIpc) is 2.41. The third kappa shape index (κ3) is 3.41. The van der Waals surface area contributed by atoms with Crippen LogP contribution in [-0.4, -0.2) is 0 Å². The zero-order valence-corrected chi connectivity index (χ0v) is 12.2. The fourth-order valence-corrected chi connectivity index (χ4v) is 2.58. The molecule has 100 valence electrons. The van der Waals surface area contributed by atoms with E-state index >= 15 is 0 Å². The molecule has 1 atom stereocenters. The highest BCUT2D eigenvalue weighted by molar-refractivity contribution is 9.10. The zero-order valence-electron chi connectivity index (χ0n) is 10.7. The van der Waals surface area contributed by atoms with Gasteiger partial charge in [0.1, 0.15) is 5.82 Å². The molecule has 3 N–H and O–H groups in total. The lowest BCUT2D eigenvalue weighted by atomic mass is 9.96. The van der Waals surface area contributed by atoms with Crippen LogP contribution >= 0.6 is 15.9 Å². The fourth-order valence-electron chi connectivity index (χ4n) is 2.13. The smallest absolute Gasteiger partial charge is 0.123 e. The molecule has 0 spiro atoms. The van der Waals surface area contributed by atoms with Crippen LogP contribution in [0.15, 0.2) is 46.9 Å². The molecule has 2 aromatic rings. The Hall–Kier alpha value is -1.23. The number of hydrogen-bond donors (Lipinski definition) is 2. The lowest BCUT2D eigenvalue weighted by Gasteiger charge is -2.19. The van der Waals surface area contributed by atoms with Gasteiger partial charge in [0.2, 0.25) is 0 Å². The summed E-state index contributed by atoms with van der Waals surface area (Å²) in [6.45, 7) is 1.96. The topological polar surface area (TPSA) is 38.0 Å². The Balaban J connectivity index is 2.30. The summed E-state index contributed by atoms with van der Waals surface area (Å²) in [6, 6.07) is 12.6. The van der Waals surface area contributed by atoms with Gasteiger partial charge in [-0.15, -0.1) is 0 Å². The number of halogens is 2. The third-order valence-electron chi connectivity index (χ3n) is 3.20. The molecule has 2 rings (SSSR count). The third-order valence-corrected chi connectivity index (χ3v) is 3.97. The minimum Gasteiger partial charge on any atom is -0.271 e. The van der Waals surface area contributed by atoms with Gasteiger partial charge in [-0.2, -0.15) is 0 Å². The number of hydrazine groups is 1. The first-order chi connectivity index (χ1) is 9.11. The number of rotatable bonds is 4. The van der Waals surface area contributed by atoms with Gasteiger partial charge in [-0.05, 0) is 48.2 Å². The predicted octanol–water partition coefficient (Wildman–Crippen LogP) is 3.64. The molecule has 0 aliphatic heterocycles. The molecule has 0 heterocycles. The maximum absolute atomic E-state index is 13.4. The summed E-state index contributed by atoms with van der Waals surface area (Å²) in [5, 5.41) is 0. The molecule has 0 saturated carbocycles. The molecule has 0 fully saturated rings. The van der Waals surface area contributed by atoms with Gasteiger partial charge in [-0.25, -0.2) is 4.39 Å². The van der Waals surface area contributed by atoms with E-state index in [-0.39, 0.29) is 11.9 Å². The first kappa shape index (κ1) is 14.2. The van der Waals surface area contributed by atoms with Crippen molar-refractivity contribution < 1.29 is 4.39 Å². The van der Waals surface area contributed by atoms with Crippen LogP contribution < -0.4 is 11.3 Å². The monoisotopic (exact) mass is 322 g/mol. The molecule has 0 aliphatic carbocycles. The van der Waals surface area contributed by atoms with Crippen molar-refractivity contribution in [2.24, 2.45) is 5.84 Å². The van der Waals surface area contributed by atoms with Crippen molar-refractivity contribution in [3.05, 3.63) is 69.4 Å². The molecule has 19 heavy (non-hydrogen) atoms. The second-order valence-electron chi connectivity index (χ2n) is 4.52. The molecule has 0 saturated heterocycles. The van der Waals surface area contributed by atoms with E-state index in [1.54, 1.807) is 6.07 Å². The number of nitrogens with one attached hydrogen (secondary N) is 1. The van der Waals surface area contributed by atoms with Crippen molar-refractivity contribution in [2.45, 2.75) is 19.4 Å². The number of nitrogens with two attached hydrogens (primary N) is 1. The van der Waals surface area contributed by atoms with Gasteiger partial charge < -0.3 is 0 Å². The number of hydrogen-bond acceptors (Lipinski definition) is 2. The van der Waals surface area contributed by atoms with Gasteiger partial charge >= 0.3 is 0 Å². The van der Waals surface area contributed by atoms with E-state index in [2.05, 4.69) is 21.4 Å². The Morgan fingerprint density at radius 1 is 1.26 bits per heavy atom. The second kappa shape index (κ2) is 6.28. The van der Waals surface area contributed by atoms with Crippen molar-refractivity contribution in [3.8, 4) is 0 Å². The zero-order chi connectivity index (χ0) is 13.8. The minimum atomic E-state index is -0.243.